The van der Waals surface area contributed by atoms with E-state index in [0.29, 0.717) is 0 Å². The fourth-order valence-electron chi connectivity index (χ4n) is 2.57. The zero-order chi connectivity index (χ0) is 13.6. The van der Waals surface area contributed by atoms with Gasteiger partial charge in [0.25, 0.3) is 0 Å². The molecule has 3 aliphatic rings. The molecule has 0 aromatic heterocycles. The van der Waals surface area contributed by atoms with Gasteiger partial charge in [0.1, 0.15) is 30.5 Å². The van der Waals surface area contributed by atoms with Gasteiger partial charge < -0.3 is 36.0 Å². The van der Waals surface area contributed by atoms with E-state index in [1.165, 1.54) is 12.7 Å². The summed E-state index contributed by atoms with van der Waals surface area (Å²) >= 11 is 0. The second-order valence-electron chi connectivity index (χ2n) is 4.82. The second kappa shape index (κ2) is 6.11. The maximum Gasteiger partial charge on any atom is 0.162 e. The van der Waals surface area contributed by atoms with Crippen LogP contribution < -0.4 is 11.1 Å². The molecule has 10 heteroatoms. The summed E-state index contributed by atoms with van der Waals surface area (Å²) in [5, 5.41) is 31.7. The second-order valence-corrected chi connectivity index (χ2v) is 4.82. The van der Waals surface area contributed by atoms with E-state index in [1.807, 2.05) is 0 Å². The van der Waals surface area contributed by atoms with E-state index in [2.05, 4.69) is 15.3 Å². The van der Waals surface area contributed by atoms with Gasteiger partial charge in [-0.25, -0.2) is 4.99 Å². The monoisotopic (exact) mass is 391 g/mol. The van der Waals surface area contributed by atoms with Crippen molar-refractivity contribution >= 4 is 36.6 Å². The molecule has 0 aromatic rings. The van der Waals surface area contributed by atoms with Gasteiger partial charge in [0.2, 0.25) is 0 Å². The minimum atomic E-state index is -1.14. The normalized spacial score (nSPS) is 46.0. The summed E-state index contributed by atoms with van der Waals surface area (Å²) in [6.45, 7) is -0.363. The minimum Gasteiger partial charge on any atom is -0.394 e. The van der Waals surface area contributed by atoms with Crippen LogP contribution in [0.1, 0.15) is 0 Å². The van der Waals surface area contributed by atoms with E-state index in [0.717, 1.165) is 0 Å². The Morgan fingerprint density at radius 2 is 2.05 bits per heavy atom. The first-order chi connectivity index (χ1) is 9.13. The van der Waals surface area contributed by atoms with Gasteiger partial charge >= 0.3 is 0 Å². The van der Waals surface area contributed by atoms with Gasteiger partial charge in [-0.3, -0.25) is 4.99 Å². The van der Waals surface area contributed by atoms with E-state index in [1.54, 1.807) is 4.90 Å². The van der Waals surface area contributed by atoms with E-state index in [-0.39, 0.29) is 48.9 Å². The Hall–Kier alpha value is -0.461. The minimum absolute atomic E-state index is 0. The molecule has 7 unspecified atom stereocenters. The van der Waals surface area contributed by atoms with Crippen LogP contribution in [0.15, 0.2) is 9.98 Å². The first-order valence-corrected chi connectivity index (χ1v) is 6.10. The van der Waals surface area contributed by atoms with Gasteiger partial charge in [-0.15, -0.1) is 0 Å². The predicted octanol–water partition coefficient (Wildman–Crippen LogP) is -4.00. The molecule has 0 aliphatic carbocycles. The van der Waals surface area contributed by atoms with Crippen molar-refractivity contribution in [2.45, 2.75) is 42.9 Å². The van der Waals surface area contributed by atoms with Gasteiger partial charge in [-0.1, -0.05) is 0 Å². The van der Waals surface area contributed by atoms with Gasteiger partial charge in [0.15, 0.2) is 12.4 Å². The number of ether oxygens (including phenoxy) is 1. The van der Waals surface area contributed by atoms with Gasteiger partial charge in [0, 0.05) is 23.9 Å². The van der Waals surface area contributed by atoms with Crippen LogP contribution in [-0.2, 0) is 4.74 Å². The zero-order valence-corrected chi connectivity index (χ0v) is 13.4. The van der Waals surface area contributed by atoms with E-state index in [4.69, 9.17) is 15.6 Å². The molecule has 0 spiro atoms. The van der Waals surface area contributed by atoms with Gasteiger partial charge in [-0.2, -0.15) is 0 Å². The topological polar surface area (TPSA) is 136 Å². The molecule has 1 fully saturated rings. The number of nitrogens with one attached hydrogen (secondary N) is 1. The Morgan fingerprint density at radius 3 is 2.70 bits per heavy atom. The van der Waals surface area contributed by atoms with E-state index >= 15 is 0 Å². The third kappa shape index (κ3) is 2.42. The summed E-state index contributed by atoms with van der Waals surface area (Å²) < 4.78 is 5.45. The van der Waals surface area contributed by atoms with Gasteiger partial charge in [-0.05, 0) is 0 Å². The molecule has 3 rings (SSSR count). The number of hydrogen-bond donors (Lipinski definition) is 5. The van der Waals surface area contributed by atoms with Crippen molar-refractivity contribution in [3.8, 4) is 0 Å². The van der Waals surface area contributed by atoms with Crippen molar-refractivity contribution in [1.29, 1.82) is 0 Å². The number of nitrogens with zero attached hydrogens (tertiary/aromatic N) is 3. The zero-order valence-electron chi connectivity index (χ0n) is 10.6. The first-order valence-electron chi connectivity index (χ1n) is 6.10. The number of aliphatic hydroxyl groups is 3. The SMILES string of the molecule is NC1NC=NC2C1N=CN2C1OC(CO)C(O)C1O.[Sn]. The van der Waals surface area contributed by atoms with Crippen LogP contribution in [0.5, 0.6) is 0 Å². The molecule has 7 atom stereocenters. The molecule has 110 valence electrons. The van der Waals surface area contributed by atoms with Crippen LogP contribution in [0.25, 0.3) is 0 Å². The third-order valence-corrected chi connectivity index (χ3v) is 3.66. The molecule has 0 bridgehead atoms. The van der Waals surface area contributed by atoms with Crippen LogP contribution in [0.2, 0.25) is 0 Å². The van der Waals surface area contributed by atoms with E-state index in [9.17, 15) is 10.2 Å². The molecule has 4 radical (unpaired) electrons. The van der Waals surface area contributed by atoms with Crippen molar-refractivity contribution in [3.05, 3.63) is 0 Å². The van der Waals surface area contributed by atoms with E-state index < -0.39 is 24.5 Å². The molecule has 9 nitrogen and oxygen atoms in total. The summed E-state index contributed by atoms with van der Waals surface area (Å²) in [5.74, 6) is 0. The van der Waals surface area contributed by atoms with Crippen molar-refractivity contribution < 1.29 is 20.1 Å². The molecule has 3 aliphatic heterocycles. The molecule has 3 heterocycles. The number of aliphatic imine (C=N–C) groups is 2. The van der Waals surface area contributed by atoms with Crippen LogP contribution in [0, 0.1) is 0 Å². The molecule has 0 aromatic carbocycles. The fraction of sp³-hybridized carbons (Fsp3) is 0.800. The third-order valence-electron chi connectivity index (χ3n) is 3.66. The smallest absolute Gasteiger partial charge is 0.162 e. The first kappa shape index (κ1) is 15.9. The predicted molar refractivity (Wildman–Crippen MR) is 71.0 cm³/mol. The van der Waals surface area contributed by atoms with Crippen LogP contribution >= 0.6 is 0 Å². The Kier molecular flexibility index (Phi) is 4.87. The number of hydrogen-bond acceptors (Lipinski definition) is 9. The molecule has 20 heavy (non-hydrogen) atoms. The largest absolute Gasteiger partial charge is 0.394 e. The standard InChI is InChI=1S/C10H17N5O4.Sn/c11-8-5-9(13-2-12-8)15(3-14-5)10-7(18)6(17)4(1-16)19-10;/h2-10,16-18H,1,11H2,(H,12,13);. The maximum atomic E-state index is 9.99. The van der Waals surface area contributed by atoms with Crippen molar-refractivity contribution in [2.24, 2.45) is 15.7 Å². The summed E-state index contributed by atoms with van der Waals surface area (Å²) in [4.78, 5) is 10.1. The number of nitrogens with two attached hydrogens (primary N) is 1. The van der Waals surface area contributed by atoms with Crippen LogP contribution in [0.3, 0.4) is 0 Å². The number of aliphatic hydroxyl groups excluding tert-OH is 3. The van der Waals surface area contributed by atoms with Crippen molar-refractivity contribution in [3.63, 3.8) is 0 Å². The maximum absolute atomic E-state index is 9.99. The Bertz CT molecular complexity index is 411. The Labute approximate surface area is 132 Å². The van der Waals surface area contributed by atoms with Crippen LogP contribution in [0.4, 0.5) is 0 Å². The molecular weight excluding hydrogens is 373 g/mol. The molecule has 1 saturated heterocycles. The molecule has 6 N–H and O–H groups in total. The van der Waals surface area contributed by atoms with Crippen LogP contribution in [-0.4, -0.2) is 106 Å². The summed E-state index contributed by atoms with van der Waals surface area (Å²) in [6.07, 6.45) is -1.61. The fourth-order valence-corrected chi connectivity index (χ4v) is 2.57. The quantitative estimate of drug-likeness (QED) is 0.304. The summed E-state index contributed by atoms with van der Waals surface area (Å²) in [7, 11) is 0. The summed E-state index contributed by atoms with van der Waals surface area (Å²) in [5.41, 5.74) is 5.86. The average molecular weight is 390 g/mol. The number of rotatable bonds is 2. The van der Waals surface area contributed by atoms with Crippen molar-refractivity contribution in [2.75, 3.05) is 6.61 Å². The Balaban J connectivity index is 0.00000147. The van der Waals surface area contributed by atoms with Gasteiger partial charge in [0.05, 0.1) is 19.3 Å². The molecular formula is C10H17N5O4Sn. The summed E-state index contributed by atoms with van der Waals surface area (Å²) in [6, 6.07) is -0.272. The van der Waals surface area contributed by atoms with Crippen molar-refractivity contribution in [1.82, 2.24) is 10.2 Å². The number of fused-ring (bicyclic) bond motifs is 1. The average Bonchev–Trinajstić information content (AvgIpc) is 2.94. The molecule has 0 saturated carbocycles. The Morgan fingerprint density at radius 1 is 1.30 bits per heavy atom. The molecule has 0 amide bonds.